The molecule has 0 N–H and O–H groups in total. The van der Waals surface area contributed by atoms with Gasteiger partial charge in [0.2, 0.25) is 5.91 Å². The second-order valence-electron chi connectivity index (χ2n) is 7.14. The van der Waals surface area contributed by atoms with E-state index in [-0.39, 0.29) is 22.6 Å². The Hall–Kier alpha value is -2.71. The summed E-state index contributed by atoms with van der Waals surface area (Å²) in [6, 6.07) is 15.3. The van der Waals surface area contributed by atoms with Gasteiger partial charge in [0.25, 0.3) is 0 Å². The number of carbonyl (C=O) groups excluding carboxylic acids is 1. The fourth-order valence-electron chi connectivity index (χ4n) is 3.09. The summed E-state index contributed by atoms with van der Waals surface area (Å²) >= 11 is 1.57. The van der Waals surface area contributed by atoms with Gasteiger partial charge in [-0.15, -0.1) is 11.3 Å². The van der Waals surface area contributed by atoms with Crippen LogP contribution in [0, 0.1) is 5.82 Å². The Balaban J connectivity index is 1.42. The quantitative estimate of drug-likeness (QED) is 0.483. The summed E-state index contributed by atoms with van der Waals surface area (Å²) in [6.45, 7) is 0.472. The second-order valence-corrected chi connectivity index (χ2v) is 9.72. The normalized spacial score (nSPS) is 13.8. The first-order chi connectivity index (χ1) is 14.4. The van der Waals surface area contributed by atoms with Crippen molar-refractivity contribution >= 4 is 27.4 Å². The summed E-state index contributed by atoms with van der Waals surface area (Å²) in [4.78, 5) is 15.6. The van der Waals surface area contributed by atoms with Gasteiger partial charge in [0.15, 0.2) is 0 Å². The SMILES string of the molecule is O=C(Cc1cccs1)N(Cc1ccc(OS(=O)(=O)c2ccc(F)cc2)cc1)C1CC1. The highest BCUT2D eigenvalue weighted by Gasteiger charge is 2.32. The van der Waals surface area contributed by atoms with Gasteiger partial charge < -0.3 is 9.08 Å². The smallest absolute Gasteiger partial charge is 0.339 e. The molecule has 1 heterocycles. The molecule has 156 valence electrons. The molecule has 1 aliphatic carbocycles. The lowest BCUT2D eigenvalue weighted by Crippen LogP contribution is -2.33. The van der Waals surface area contributed by atoms with E-state index in [1.54, 1.807) is 35.6 Å². The lowest BCUT2D eigenvalue weighted by molar-refractivity contribution is -0.131. The molecule has 0 spiro atoms. The van der Waals surface area contributed by atoms with Gasteiger partial charge in [0.1, 0.15) is 16.5 Å². The van der Waals surface area contributed by atoms with Crippen molar-refractivity contribution in [3.05, 3.63) is 82.3 Å². The van der Waals surface area contributed by atoms with Gasteiger partial charge >= 0.3 is 10.1 Å². The van der Waals surface area contributed by atoms with Crippen LogP contribution in [0.4, 0.5) is 4.39 Å². The first kappa shape index (κ1) is 20.6. The van der Waals surface area contributed by atoms with E-state index in [1.165, 1.54) is 0 Å². The first-order valence-electron chi connectivity index (χ1n) is 9.51. The summed E-state index contributed by atoms with van der Waals surface area (Å²) in [5.74, 6) is -0.266. The molecule has 1 fully saturated rings. The molecular formula is C22H20FNO4S2. The standard InChI is InChI=1S/C22H20FNO4S2/c23-17-5-11-21(12-6-17)30(26,27)28-19-9-3-16(4-10-19)15-24(18-7-8-18)22(25)14-20-2-1-13-29-20/h1-6,9-13,18H,7-8,14-15H2. The van der Waals surface area contributed by atoms with Crippen LogP contribution in [0.25, 0.3) is 0 Å². The Morgan fingerprint density at radius 2 is 1.77 bits per heavy atom. The highest BCUT2D eigenvalue weighted by atomic mass is 32.2. The van der Waals surface area contributed by atoms with Crippen LogP contribution in [0.15, 0.2) is 70.9 Å². The van der Waals surface area contributed by atoms with Gasteiger partial charge in [0.05, 0.1) is 6.42 Å². The number of halogens is 1. The Morgan fingerprint density at radius 3 is 2.37 bits per heavy atom. The van der Waals surface area contributed by atoms with Crippen LogP contribution in [0.5, 0.6) is 5.75 Å². The van der Waals surface area contributed by atoms with Crippen LogP contribution >= 0.6 is 11.3 Å². The number of carbonyl (C=O) groups is 1. The maximum atomic E-state index is 13.0. The minimum atomic E-state index is -4.04. The number of rotatable bonds is 8. The second kappa shape index (κ2) is 8.57. The van der Waals surface area contributed by atoms with Crippen molar-refractivity contribution in [3.8, 4) is 5.75 Å². The average Bonchev–Trinajstić information content (AvgIpc) is 3.43. The van der Waals surface area contributed by atoms with Gasteiger partial charge in [0, 0.05) is 17.5 Å². The Kier molecular flexibility index (Phi) is 5.87. The van der Waals surface area contributed by atoms with Crippen LogP contribution in [0.3, 0.4) is 0 Å². The maximum absolute atomic E-state index is 13.0. The molecule has 3 aromatic rings. The molecule has 0 saturated heterocycles. The van der Waals surface area contributed by atoms with E-state index in [4.69, 9.17) is 4.18 Å². The van der Waals surface area contributed by atoms with Crippen LogP contribution < -0.4 is 4.18 Å². The zero-order chi connectivity index (χ0) is 21.1. The number of thiophene rings is 1. The predicted molar refractivity (Wildman–Crippen MR) is 112 cm³/mol. The summed E-state index contributed by atoms with van der Waals surface area (Å²) in [6.07, 6.45) is 2.41. The van der Waals surface area contributed by atoms with Gasteiger partial charge in [-0.2, -0.15) is 8.42 Å². The van der Waals surface area contributed by atoms with E-state index in [2.05, 4.69) is 0 Å². The van der Waals surface area contributed by atoms with Crippen LogP contribution in [0.2, 0.25) is 0 Å². The molecule has 4 rings (SSSR count). The number of hydrogen-bond acceptors (Lipinski definition) is 5. The molecule has 30 heavy (non-hydrogen) atoms. The Morgan fingerprint density at radius 1 is 1.07 bits per heavy atom. The number of benzene rings is 2. The summed E-state index contributed by atoms with van der Waals surface area (Å²) < 4.78 is 42.8. The van der Waals surface area contributed by atoms with Crippen molar-refractivity contribution in [2.45, 2.75) is 36.7 Å². The van der Waals surface area contributed by atoms with E-state index in [1.807, 2.05) is 22.4 Å². The summed E-state index contributed by atoms with van der Waals surface area (Å²) in [5, 5.41) is 1.96. The molecule has 0 atom stereocenters. The third kappa shape index (κ3) is 5.06. The molecule has 0 bridgehead atoms. The minimum Gasteiger partial charge on any atom is -0.379 e. The van der Waals surface area contributed by atoms with Crippen LogP contribution in [-0.4, -0.2) is 25.3 Å². The van der Waals surface area contributed by atoms with Crippen molar-refractivity contribution in [2.75, 3.05) is 0 Å². The van der Waals surface area contributed by atoms with E-state index < -0.39 is 15.9 Å². The third-order valence-electron chi connectivity index (χ3n) is 4.80. The van der Waals surface area contributed by atoms with Gasteiger partial charge in [-0.25, -0.2) is 4.39 Å². The highest BCUT2D eigenvalue weighted by molar-refractivity contribution is 7.87. The number of hydrogen-bond donors (Lipinski definition) is 0. The van der Waals surface area contributed by atoms with Crippen LogP contribution in [-0.2, 0) is 27.9 Å². The van der Waals surface area contributed by atoms with Crippen molar-refractivity contribution < 1.29 is 21.8 Å². The lowest BCUT2D eigenvalue weighted by atomic mass is 10.2. The molecule has 8 heteroatoms. The third-order valence-corrected chi connectivity index (χ3v) is 6.94. The van der Waals surface area contributed by atoms with Gasteiger partial charge in [-0.05, 0) is 66.2 Å². The zero-order valence-electron chi connectivity index (χ0n) is 16.0. The lowest BCUT2D eigenvalue weighted by Gasteiger charge is -2.22. The average molecular weight is 446 g/mol. The van der Waals surface area contributed by atoms with Crippen molar-refractivity contribution in [1.29, 1.82) is 0 Å². The van der Waals surface area contributed by atoms with Gasteiger partial charge in [-0.3, -0.25) is 4.79 Å². The van der Waals surface area contributed by atoms with E-state index >= 15 is 0 Å². The molecule has 0 aliphatic heterocycles. The first-order valence-corrected chi connectivity index (χ1v) is 11.8. The molecule has 1 aliphatic rings. The van der Waals surface area contributed by atoms with E-state index in [9.17, 15) is 17.6 Å². The van der Waals surface area contributed by atoms with Crippen molar-refractivity contribution in [3.63, 3.8) is 0 Å². The van der Waals surface area contributed by atoms with Crippen molar-refractivity contribution in [1.82, 2.24) is 4.90 Å². The molecule has 1 amide bonds. The number of amides is 1. The van der Waals surface area contributed by atoms with Crippen molar-refractivity contribution in [2.24, 2.45) is 0 Å². The largest absolute Gasteiger partial charge is 0.379 e. The van der Waals surface area contributed by atoms with E-state index in [0.717, 1.165) is 47.5 Å². The van der Waals surface area contributed by atoms with E-state index in [0.29, 0.717) is 13.0 Å². The Bertz CT molecular complexity index is 1110. The predicted octanol–water partition coefficient (Wildman–Crippen LogP) is 4.39. The highest BCUT2D eigenvalue weighted by Crippen LogP contribution is 2.30. The zero-order valence-corrected chi connectivity index (χ0v) is 17.7. The van der Waals surface area contributed by atoms with Crippen LogP contribution in [0.1, 0.15) is 23.3 Å². The summed E-state index contributed by atoms with van der Waals surface area (Å²) in [5.41, 5.74) is 0.896. The molecule has 2 aromatic carbocycles. The molecule has 1 aromatic heterocycles. The Labute approximate surface area is 178 Å². The summed E-state index contributed by atoms with van der Waals surface area (Å²) in [7, 11) is -4.04. The fraction of sp³-hybridized carbons (Fsp3) is 0.227. The molecule has 0 unspecified atom stereocenters. The topological polar surface area (TPSA) is 63.7 Å². The fourth-order valence-corrected chi connectivity index (χ4v) is 4.72. The molecule has 5 nitrogen and oxygen atoms in total. The maximum Gasteiger partial charge on any atom is 0.339 e. The monoisotopic (exact) mass is 445 g/mol. The van der Waals surface area contributed by atoms with Gasteiger partial charge in [-0.1, -0.05) is 18.2 Å². The number of nitrogens with zero attached hydrogens (tertiary/aromatic N) is 1. The molecule has 0 radical (unpaired) electrons. The molecular weight excluding hydrogens is 425 g/mol. The molecule has 1 saturated carbocycles. The minimum absolute atomic E-state index is 0.0964.